The lowest BCUT2D eigenvalue weighted by molar-refractivity contribution is -0.117. The van der Waals surface area contributed by atoms with E-state index in [4.69, 9.17) is 4.42 Å². The zero-order valence-corrected chi connectivity index (χ0v) is 17.8. The summed E-state index contributed by atoms with van der Waals surface area (Å²) in [4.78, 5) is 37.0. The second-order valence-corrected chi connectivity index (χ2v) is 7.52. The number of anilines is 1. The summed E-state index contributed by atoms with van der Waals surface area (Å²) in [7, 11) is 0. The molecule has 166 valence electrons. The molecular weight excluding hydrogens is 422 g/mol. The molecule has 3 N–H and O–H groups in total. The highest BCUT2D eigenvalue weighted by Crippen LogP contribution is 2.22. The highest BCUT2D eigenvalue weighted by Gasteiger charge is 2.22. The number of aromatic amines is 1. The van der Waals surface area contributed by atoms with E-state index < -0.39 is 11.7 Å². The van der Waals surface area contributed by atoms with Crippen LogP contribution in [-0.4, -0.2) is 43.0 Å². The van der Waals surface area contributed by atoms with Crippen molar-refractivity contribution in [2.75, 3.05) is 11.9 Å². The summed E-state index contributed by atoms with van der Waals surface area (Å²) in [5.74, 6) is 0.195. The van der Waals surface area contributed by atoms with Crippen molar-refractivity contribution in [1.29, 1.82) is 0 Å². The van der Waals surface area contributed by atoms with Gasteiger partial charge in [-0.05, 0) is 25.1 Å². The number of rotatable bonds is 8. The number of ketones is 1. The van der Waals surface area contributed by atoms with Gasteiger partial charge >= 0.3 is 0 Å². The zero-order chi connectivity index (χ0) is 22.8. The van der Waals surface area contributed by atoms with Gasteiger partial charge in [0.15, 0.2) is 5.65 Å². The van der Waals surface area contributed by atoms with Gasteiger partial charge in [-0.1, -0.05) is 18.2 Å². The maximum atomic E-state index is 12.8. The van der Waals surface area contributed by atoms with Gasteiger partial charge in [0.2, 0.25) is 0 Å². The number of Topliss-reactive ketones (excluding diaryl/α,β-unsaturated/α-hetero) is 1. The third-order valence-corrected chi connectivity index (χ3v) is 5.38. The van der Waals surface area contributed by atoms with Crippen molar-refractivity contribution in [2.24, 2.45) is 0 Å². The largest absolute Gasteiger partial charge is 0.467 e. The molecule has 0 aliphatic carbocycles. The highest BCUT2D eigenvalue weighted by molar-refractivity contribution is 6.45. The monoisotopic (exact) mass is 443 g/mol. The van der Waals surface area contributed by atoms with Gasteiger partial charge in [0.1, 0.15) is 17.9 Å². The molecule has 10 heteroatoms. The fourth-order valence-corrected chi connectivity index (χ4v) is 3.82. The average Bonchev–Trinajstić information content (AvgIpc) is 3.56. The third-order valence-electron chi connectivity index (χ3n) is 5.38. The molecule has 0 aliphatic heterocycles. The van der Waals surface area contributed by atoms with Crippen molar-refractivity contribution in [2.45, 2.75) is 20.0 Å². The average molecular weight is 443 g/mol. The Labute approximate surface area is 188 Å². The van der Waals surface area contributed by atoms with Crippen LogP contribution in [0.15, 0.2) is 59.6 Å². The maximum absolute atomic E-state index is 12.8. The lowest BCUT2D eigenvalue weighted by atomic mass is 10.1. The molecule has 4 heterocycles. The van der Waals surface area contributed by atoms with Crippen LogP contribution in [0.2, 0.25) is 0 Å². The molecule has 5 rings (SSSR count). The SMILES string of the molecule is Cc1[nH]c2ccccc2c1C(=O)C(=O)NCCn1ncc2c(NCc3ccco3)ncnc21. The summed E-state index contributed by atoms with van der Waals surface area (Å²) in [6, 6.07) is 11.1. The molecule has 1 aromatic carbocycles. The Kier molecular flexibility index (Phi) is 5.31. The second-order valence-electron chi connectivity index (χ2n) is 7.52. The molecule has 0 spiro atoms. The fourth-order valence-electron chi connectivity index (χ4n) is 3.82. The Bertz CT molecular complexity index is 1450. The van der Waals surface area contributed by atoms with Gasteiger partial charge in [0, 0.05) is 23.1 Å². The Morgan fingerprint density at radius 2 is 2.00 bits per heavy atom. The second kappa shape index (κ2) is 8.58. The molecule has 0 aliphatic rings. The molecule has 0 atom stereocenters. The number of carbonyl (C=O) groups is 2. The van der Waals surface area contributed by atoms with Crippen LogP contribution in [0.1, 0.15) is 21.8 Å². The minimum absolute atomic E-state index is 0.224. The van der Waals surface area contributed by atoms with E-state index in [1.165, 1.54) is 6.33 Å². The van der Waals surface area contributed by atoms with Crippen LogP contribution in [0, 0.1) is 6.92 Å². The molecule has 0 unspecified atom stereocenters. The van der Waals surface area contributed by atoms with Crippen molar-refractivity contribution in [3.8, 4) is 0 Å². The number of fused-ring (bicyclic) bond motifs is 2. The molecule has 0 fully saturated rings. The predicted molar refractivity (Wildman–Crippen MR) is 122 cm³/mol. The lowest BCUT2D eigenvalue weighted by Gasteiger charge is -2.07. The summed E-state index contributed by atoms with van der Waals surface area (Å²) < 4.78 is 6.99. The quantitative estimate of drug-likeness (QED) is 0.248. The summed E-state index contributed by atoms with van der Waals surface area (Å²) >= 11 is 0. The van der Waals surface area contributed by atoms with Gasteiger partial charge in [-0.15, -0.1) is 0 Å². The van der Waals surface area contributed by atoms with Gasteiger partial charge in [-0.2, -0.15) is 5.10 Å². The predicted octanol–water partition coefficient (Wildman–Crippen LogP) is 2.82. The van der Waals surface area contributed by atoms with Gasteiger partial charge in [0.25, 0.3) is 11.7 Å². The van der Waals surface area contributed by atoms with Crippen LogP contribution in [0.4, 0.5) is 5.82 Å². The molecule has 0 bridgehead atoms. The van der Waals surface area contributed by atoms with Crippen molar-refractivity contribution in [3.63, 3.8) is 0 Å². The standard InChI is InChI=1S/C23H21N7O3/c1-14-19(16-6-2-3-7-18(16)29-14)20(31)23(32)24-8-9-30-22-17(12-28-30)21(26-13-27-22)25-11-15-5-4-10-33-15/h2-7,10,12-13,29H,8-9,11H2,1H3,(H,24,32)(H,25,26,27). The van der Waals surface area contributed by atoms with Crippen LogP contribution >= 0.6 is 0 Å². The number of aryl methyl sites for hydroxylation is 1. The lowest BCUT2D eigenvalue weighted by Crippen LogP contribution is -2.33. The Morgan fingerprint density at radius 1 is 1.12 bits per heavy atom. The minimum atomic E-state index is -0.658. The van der Waals surface area contributed by atoms with E-state index in [1.54, 1.807) is 24.1 Å². The van der Waals surface area contributed by atoms with Crippen molar-refractivity contribution in [1.82, 2.24) is 30.0 Å². The molecule has 0 radical (unpaired) electrons. The number of amides is 1. The minimum Gasteiger partial charge on any atom is -0.467 e. The third kappa shape index (κ3) is 3.93. The topological polar surface area (TPSA) is 131 Å². The van der Waals surface area contributed by atoms with Crippen LogP contribution in [0.25, 0.3) is 21.9 Å². The first-order valence-electron chi connectivity index (χ1n) is 10.4. The number of H-pyrrole nitrogens is 1. The molecule has 0 saturated carbocycles. The van der Waals surface area contributed by atoms with Crippen molar-refractivity contribution in [3.05, 3.63) is 72.2 Å². The Balaban J connectivity index is 1.24. The molecule has 10 nitrogen and oxygen atoms in total. The van der Waals surface area contributed by atoms with Gasteiger partial charge in [-0.25, -0.2) is 14.6 Å². The first-order chi connectivity index (χ1) is 16.1. The number of aromatic nitrogens is 5. The number of furan rings is 1. The van der Waals surface area contributed by atoms with E-state index in [2.05, 4.69) is 30.7 Å². The maximum Gasteiger partial charge on any atom is 0.292 e. The fraction of sp³-hybridized carbons (Fsp3) is 0.174. The van der Waals surface area contributed by atoms with Gasteiger partial charge in [-0.3, -0.25) is 9.59 Å². The molecule has 0 saturated heterocycles. The molecule has 1 amide bonds. The number of nitrogens with one attached hydrogen (secondary N) is 3. The number of para-hydroxylation sites is 1. The number of benzene rings is 1. The Hall–Kier alpha value is -4.47. The van der Waals surface area contributed by atoms with E-state index >= 15 is 0 Å². The van der Waals surface area contributed by atoms with E-state index in [0.717, 1.165) is 22.0 Å². The van der Waals surface area contributed by atoms with E-state index in [9.17, 15) is 9.59 Å². The smallest absolute Gasteiger partial charge is 0.292 e. The summed E-state index contributed by atoms with van der Waals surface area (Å²) in [5.41, 5.74) is 2.51. The molecule has 4 aromatic heterocycles. The van der Waals surface area contributed by atoms with Crippen LogP contribution in [0.5, 0.6) is 0 Å². The van der Waals surface area contributed by atoms with E-state index in [1.807, 2.05) is 36.4 Å². The van der Waals surface area contributed by atoms with Crippen LogP contribution in [0.3, 0.4) is 0 Å². The molecule has 5 aromatic rings. The summed E-state index contributed by atoms with van der Waals surface area (Å²) in [5, 5.41) is 11.7. The van der Waals surface area contributed by atoms with E-state index in [0.29, 0.717) is 35.8 Å². The molecule has 33 heavy (non-hydrogen) atoms. The summed E-state index contributed by atoms with van der Waals surface area (Å²) in [6.07, 6.45) is 4.73. The number of hydrogen-bond donors (Lipinski definition) is 3. The van der Waals surface area contributed by atoms with Gasteiger partial charge in [0.05, 0.1) is 36.5 Å². The van der Waals surface area contributed by atoms with Crippen LogP contribution < -0.4 is 10.6 Å². The highest BCUT2D eigenvalue weighted by atomic mass is 16.3. The zero-order valence-electron chi connectivity index (χ0n) is 17.8. The number of carbonyl (C=O) groups excluding carboxylic acids is 2. The number of nitrogens with zero attached hydrogens (tertiary/aromatic N) is 4. The molecular formula is C23H21N7O3. The van der Waals surface area contributed by atoms with Crippen LogP contribution in [-0.2, 0) is 17.9 Å². The first-order valence-corrected chi connectivity index (χ1v) is 10.4. The first kappa shape index (κ1) is 20.4. The normalized spacial score (nSPS) is 11.2. The summed E-state index contributed by atoms with van der Waals surface area (Å²) in [6.45, 7) is 2.84. The van der Waals surface area contributed by atoms with Gasteiger partial charge < -0.3 is 20.0 Å². The van der Waals surface area contributed by atoms with E-state index in [-0.39, 0.29) is 6.54 Å². The van der Waals surface area contributed by atoms with Crippen molar-refractivity contribution >= 4 is 39.4 Å². The Morgan fingerprint density at radius 3 is 2.85 bits per heavy atom. The van der Waals surface area contributed by atoms with Crippen molar-refractivity contribution < 1.29 is 14.0 Å². The number of hydrogen-bond acceptors (Lipinski definition) is 7.